The second kappa shape index (κ2) is 11.1. The van der Waals surface area contributed by atoms with Crippen LogP contribution in [0.5, 0.6) is 0 Å². The average molecular weight is 450 g/mol. The third-order valence-electron chi connectivity index (χ3n) is 5.28. The number of ether oxygens (including phenoxy) is 1. The zero-order valence-corrected chi connectivity index (χ0v) is 19.9. The van der Waals surface area contributed by atoms with E-state index in [1.165, 1.54) is 21.2 Å². The van der Waals surface area contributed by atoms with Gasteiger partial charge in [-0.15, -0.1) is 0 Å². The minimum atomic E-state index is -0.308. The number of benzene rings is 3. The molecule has 168 valence electrons. The predicted molar refractivity (Wildman–Crippen MR) is 134 cm³/mol. The van der Waals surface area contributed by atoms with Crippen LogP contribution in [0.3, 0.4) is 0 Å². The number of esters is 1. The van der Waals surface area contributed by atoms with Gasteiger partial charge in [-0.2, -0.15) is 0 Å². The van der Waals surface area contributed by atoms with Gasteiger partial charge in [0.2, 0.25) is 0 Å². The van der Waals surface area contributed by atoms with Gasteiger partial charge in [-0.3, -0.25) is 0 Å². The first kappa shape index (κ1) is 23.7. The smallest absolute Gasteiger partial charge is 0.338 e. The fourth-order valence-corrected chi connectivity index (χ4v) is 4.33. The van der Waals surface area contributed by atoms with Crippen molar-refractivity contribution >= 4 is 34.8 Å². The number of nitrogen functional groups attached to an aromatic ring is 1. The molecule has 0 aliphatic carbocycles. The van der Waals surface area contributed by atoms with Crippen LogP contribution in [0.2, 0.25) is 0 Å². The molecule has 3 aromatic carbocycles. The van der Waals surface area contributed by atoms with Crippen molar-refractivity contribution in [3.63, 3.8) is 0 Å². The molecule has 4 rings (SSSR count). The minimum absolute atomic E-state index is 0.308. The van der Waals surface area contributed by atoms with Gasteiger partial charge in [0.1, 0.15) is 0 Å². The molecule has 0 amide bonds. The van der Waals surface area contributed by atoms with Crippen molar-refractivity contribution in [2.24, 2.45) is 0 Å². The quantitative estimate of drug-likeness (QED) is 0.399. The Kier molecular flexibility index (Phi) is 8.20. The molecule has 3 aromatic rings. The molecule has 5 nitrogen and oxygen atoms in total. The van der Waals surface area contributed by atoms with Crippen LogP contribution in [0.4, 0.5) is 17.1 Å². The molecule has 0 saturated heterocycles. The number of hydrogen-bond acceptors (Lipinski definition) is 6. The first-order valence-corrected chi connectivity index (χ1v) is 11.5. The van der Waals surface area contributed by atoms with Gasteiger partial charge in [-0.05, 0) is 76.5 Å². The van der Waals surface area contributed by atoms with Gasteiger partial charge in [-0.25, -0.2) is 4.79 Å². The van der Waals surface area contributed by atoms with Gasteiger partial charge < -0.3 is 20.3 Å². The highest BCUT2D eigenvalue weighted by atomic mass is 32.2. The summed E-state index contributed by atoms with van der Waals surface area (Å²) >= 11 is 1.87. The average Bonchev–Trinajstić information content (AvgIpc) is 2.80. The van der Waals surface area contributed by atoms with Crippen molar-refractivity contribution in [3.8, 4) is 0 Å². The lowest BCUT2D eigenvalue weighted by atomic mass is 10.2. The molecule has 1 atom stereocenters. The van der Waals surface area contributed by atoms with E-state index in [-0.39, 0.29) is 5.97 Å². The van der Waals surface area contributed by atoms with E-state index in [0.29, 0.717) is 23.9 Å². The van der Waals surface area contributed by atoms with E-state index < -0.39 is 0 Å². The van der Waals surface area contributed by atoms with Gasteiger partial charge in [0.05, 0.1) is 23.5 Å². The Bertz CT molecular complexity index is 992. The molecular formula is C26H31N3O2S. The monoisotopic (exact) mass is 449 g/mol. The minimum Gasteiger partial charge on any atom is -0.462 e. The van der Waals surface area contributed by atoms with Gasteiger partial charge in [0, 0.05) is 28.1 Å². The molecule has 0 radical (unpaired) electrons. The number of likely N-dealkylation sites (N-methyl/N-ethyl adjacent to an activating group) is 1. The number of rotatable bonds is 5. The van der Waals surface area contributed by atoms with Crippen LogP contribution >= 0.6 is 11.8 Å². The van der Waals surface area contributed by atoms with Crippen LogP contribution in [0.15, 0.2) is 82.6 Å². The number of hydrogen-bond donors (Lipinski definition) is 1. The summed E-state index contributed by atoms with van der Waals surface area (Å²) in [6.07, 6.45) is 0. The molecule has 1 aliphatic rings. The van der Waals surface area contributed by atoms with Gasteiger partial charge >= 0.3 is 5.97 Å². The Labute approximate surface area is 195 Å². The molecule has 0 bridgehead atoms. The molecule has 0 saturated carbocycles. The number of nitrogens with two attached hydrogens (primary N) is 1. The fraction of sp³-hybridized carbons (Fsp3) is 0.269. The molecule has 1 aliphatic heterocycles. The molecule has 1 unspecified atom stereocenters. The normalized spacial score (nSPS) is 12.8. The van der Waals surface area contributed by atoms with Crippen molar-refractivity contribution in [2.45, 2.75) is 29.7 Å². The van der Waals surface area contributed by atoms with E-state index in [2.05, 4.69) is 79.3 Å². The molecule has 6 heteroatoms. The number of nitrogens with zero attached hydrogens (tertiary/aromatic N) is 2. The Hall–Kier alpha value is -2.96. The second-order valence-electron chi connectivity index (χ2n) is 7.80. The molecule has 0 fully saturated rings. The highest BCUT2D eigenvalue weighted by molar-refractivity contribution is 7.99. The first-order valence-electron chi connectivity index (χ1n) is 10.7. The van der Waals surface area contributed by atoms with E-state index in [9.17, 15) is 4.79 Å². The number of carbonyl (C=O) groups excluding carboxylic acids is 1. The Balaban J connectivity index is 0.000000207. The molecular weight excluding hydrogens is 418 g/mol. The van der Waals surface area contributed by atoms with E-state index in [1.807, 2.05) is 11.8 Å². The molecule has 0 aromatic heterocycles. The van der Waals surface area contributed by atoms with Crippen molar-refractivity contribution in [1.29, 1.82) is 0 Å². The van der Waals surface area contributed by atoms with Crippen LogP contribution in [0.25, 0.3) is 0 Å². The summed E-state index contributed by atoms with van der Waals surface area (Å²) in [5.41, 5.74) is 9.27. The number of anilines is 3. The highest BCUT2D eigenvalue weighted by Gasteiger charge is 2.24. The topological polar surface area (TPSA) is 58.8 Å². The lowest BCUT2D eigenvalue weighted by Gasteiger charge is -2.36. The maximum atomic E-state index is 11.1. The summed E-state index contributed by atoms with van der Waals surface area (Å²) in [7, 11) is 4.28. The van der Waals surface area contributed by atoms with E-state index in [1.54, 1.807) is 31.2 Å². The van der Waals surface area contributed by atoms with Crippen molar-refractivity contribution < 1.29 is 9.53 Å². The second-order valence-corrected chi connectivity index (χ2v) is 8.89. The Morgan fingerprint density at radius 1 is 0.969 bits per heavy atom. The maximum Gasteiger partial charge on any atom is 0.338 e. The largest absolute Gasteiger partial charge is 0.462 e. The van der Waals surface area contributed by atoms with Crippen LogP contribution in [-0.2, 0) is 4.74 Å². The molecule has 2 N–H and O–H groups in total. The van der Waals surface area contributed by atoms with Crippen molar-refractivity contribution in [2.75, 3.05) is 37.9 Å². The number of para-hydroxylation sites is 2. The van der Waals surface area contributed by atoms with Gasteiger partial charge in [0.25, 0.3) is 0 Å². The van der Waals surface area contributed by atoms with E-state index in [4.69, 9.17) is 10.5 Å². The zero-order valence-electron chi connectivity index (χ0n) is 19.1. The van der Waals surface area contributed by atoms with Crippen LogP contribution in [0.1, 0.15) is 24.2 Å². The van der Waals surface area contributed by atoms with Crippen LogP contribution in [-0.4, -0.2) is 44.2 Å². The lowest BCUT2D eigenvalue weighted by Crippen LogP contribution is -2.37. The van der Waals surface area contributed by atoms with Gasteiger partial charge in [0.15, 0.2) is 0 Å². The number of carbonyl (C=O) groups is 1. The standard InChI is InChI=1S/C17H20N2S.C9H11NO2/c1-13(18(2)3)12-19-14-8-4-6-10-16(14)20-17-11-7-5-9-15(17)19;1-2-12-9(11)7-3-5-8(10)6-4-7/h4-11,13H,12H2,1-3H3;3-6H,2,10H2,1H3. The summed E-state index contributed by atoms with van der Waals surface area (Å²) in [5.74, 6) is -0.308. The predicted octanol–water partition coefficient (Wildman–Crippen LogP) is 5.68. The number of fused-ring (bicyclic) bond motifs is 2. The van der Waals surface area contributed by atoms with Gasteiger partial charge in [-0.1, -0.05) is 36.0 Å². The summed E-state index contributed by atoms with van der Waals surface area (Å²) in [4.78, 5) is 18.5. The highest BCUT2D eigenvalue weighted by Crippen LogP contribution is 2.47. The van der Waals surface area contributed by atoms with E-state index in [0.717, 1.165) is 6.54 Å². The molecule has 32 heavy (non-hydrogen) atoms. The third-order valence-corrected chi connectivity index (χ3v) is 6.41. The summed E-state index contributed by atoms with van der Waals surface area (Å²) in [6.45, 7) is 5.44. The Morgan fingerprint density at radius 3 is 2.00 bits per heavy atom. The fourth-order valence-electron chi connectivity index (χ4n) is 3.24. The summed E-state index contributed by atoms with van der Waals surface area (Å²) in [5, 5.41) is 0. The summed E-state index contributed by atoms with van der Waals surface area (Å²) in [6, 6.07) is 24.5. The molecule has 1 heterocycles. The lowest BCUT2D eigenvalue weighted by molar-refractivity contribution is 0.0526. The van der Waals surface area contributed by atoms with Crippen molar-refractivity contribution in [1.82, 2.24) is 4.90 Å². The maximum absolute atomic E-state index is 11.1. The zero-order chi connectivity index (χ0) is 23.1. The summed E-state index contributed by atoms with van der Waals surface area (Å²) < 4.78 is 4.79. The third kappa shape index (κ3) is 5.84. The van der Waals surface area contributed by atoms with Crippen molar-refractivity contribution in [3.05, 3.63) is 78.4 Å². The van der Waals surface area contributed by atoms with Crippen LogP contribution in [0, 0.1) is 0 Å². The Morgan fingerprint density at radius 2 is 1.50 bits per heavy atom. The SMILES string of the molecule is CC(CN1c2ccccc2Sc2ccccc21)N(C)C.CCOC(=O)c1ccc(N)cc1. The van der Waals surface area contributed by atoms with Crippen LogP contribution < -0.4 is 10.6 Å². The molecule has 0 spiro atoms. The first-order chi connectivity index (χ1) is 15.4. The van der Waals surface area contributed by atoms with E-state index >= 15 is 0 Å².